The summed E-state index contributed by atoms with van der Waals surface area (Å²) in [6, 6.07) is 1.97. The van der Waals surface area contributed by atoms with E-state index in [4.69, 9.17) is 4.42 Å². The van der Waals surface area contributed by atoms with Crippen molar-refractivity contribution >= 4 is 17.4 Å². The summed E-state index contributed by atoms with van der Waals surface area (Å²) < 4.78 is 5.81. The van der Waals surface area contributed by atoms with Gasteiger partial charge in [0.05, 0.1) is 0 Å². The van der Waals surface area contributed by atoms with Crippen molar-refractivity contribution in [2.24, 2.45) is 0 Å². The minimum atomic E-state index is -0.212. The maximum Gasteiger partial charge on any atom is 0.317 e. The highest BCUT2D eigenvalue weighted by Gasteiger charge is 2.28. The monoisotopic (exact) mass is 334 g/mol. The highest BCUT2D eigenvalue weighted by Crippen LogP contribution is 2.30. The Morgan fingerprint density at radius 2 is 2.09 bits per heavy atom. The zero-order valence-corrected chi connectivity index (χ0v) is 14.5. The van der Waals surface area contributed by atoms with Crippen LogP contribution in [-0.2, 0) is 0 Å². The van der Waals surface area contributed by atoms with Crippen LogP contribution in [0, 0.1) is 0 Å². The first kappa shape index (κ1) is 16.0. The van der Waals surface area contributed by atoms with E-state index < -0.39 is 0 Å². The van der Waals surface area contributed by atoms with E-state index in [0.717, 1.165) is 18.4 Å². The molecule has 2 aromatic rings. The van der Waals surface area contributed by atoms with Crippen molar-refractivity contribution in [3.8, 4) is 11.5 Å². The molecule has 0 saturated carbocycles. The van der Waals surface area contributed by atoms with Gasteiger partial charge in [0.1, 0.15) is 0 Å². The van der Waals surface area contributed by atoms with E-state index >= 15 is 0 Å². The van der Waals surface area contributed by atoms with Gasteiger partial charge >= 0.3 is 6.03 Å². The molecule has 7 heteroatoms. The SMILES string of the molecule is CC(C)(C)NC(=O)N1CCC(c2nnc(-c3ccsc3)o2)CC1. The number of hydrogen-bond acceptors (Lipinski definition) is 5. The van der Waals surface area contributed by atoms with Gasteiger partial charge in [-0.2, -0.15) is 11.3 Å². The van der Waals surface area contributed by atoms with Gasteiger partial charge in [0, 0.05) is 35.5 Å². The zero-order chi connectivity index (χ0) is 16.4. The summed E-state index contributed by atoms with van der Waals surface area (Å²) >= 11 is 1.61. The molecule has 0 unspecified atom stereocenters. The standard InChI is InChI=1S/C16H22N4O2S/c1-16(2,3)17-15(21)20-7-4-11(5-8-20)13-18-19-14(22-13)12-6-9-23-10-12/h6,9-11H,4-5,7-8H2,1-3H3,(H,17,21). The number of thiophene rings is 1. The first-order chi connectivity index (χ1) is 10.9. The van der Waals surface area contributed by atoms with Gasteiger partial charge in [-0.15, -0.1) is 10.2 Å². The van der Waals surface area contributed by atoms with Gasteiger partial charge in [-0.3, -0.25) is 0 Å². The lowest BCUT2D eigenvalue weighted by atomic mass is 9.97. The molecule has 0 bridgehead atoms. The topological polar surface area (TPSA) is 71.3 Å². The molecule has 3 rings (SSSR count). The van der Waals surface area contributed by atoms with Crippen molar-refractivity contribution in [3.05, 3.63) is 22.7 Å². The third kappa shape index (κ3) is 3.90. The van der Waals surface area contributed by atoms with Crippen molar-refractivity contribution < 1.29 is 9.21 Å². The Balaban J connectivity index is 1.58. The number of likely N-dealkylation sites (tertiary alicyclic amines) is 1. The summed E-state index contributed by atoms with van der Waals surface area (Å²) in [7, 11) is 0. The maximum atomic E-state index is 12.2. The Kier molecular flexibility index (Phi) is 4.39. The molecule has 2 aromatic heterocycles. The number of carbonyl (C=O) groups is 1. The molecule has 1 saturated heterocycles. The molecule has 3 heterocycles. The number of urea groups is 1. The number of piperidine rings is 1. The molecule has 6 nitrogen and oxygen atoms in total. The fourth-order valence-electron chi connectivity index (χ4n) is 2.63. The van der Waals surface area contributed by atoms with E-state index in [2.05, 4.69) is 15.5 Å². The van der Waals surface area contributed by atoms with Crippen molar-refractivity contribution in [2.45, 2.75) is 45.1 Å². The smallest absolute Gasteiger partial charge is 0.317 e. The lowest BCUT2D eigenvalue weighted by Crippen LogP contribution is -2.50. The molecule has 0 aromatic carbocycles. The maximum absolute atomic E-state index is 12.2. The molecule has 0 atom stereocenters. The first-order valence-corrected chi connectivity index (χ1v) is 8.80. The van der Waals surface area contributed by atoms with Crippen molar-refractivity contribution in [3.63, 3.8) is 0 Å². The number of aromatic nitrogens is 2. The highest BCUT2D eigenvalue weighted by molar-refractivity contribution is 7.08. The van der Waals surface area contributed by atoms with E-state index in [1.165, 1.54) is 0 Å². The van der Waals surface area contributed by atoms with Crippen LogP contribution in [0.25, 0.3) is 11.5 Å². The predicted octanol–water partition coefficient (Wildman–Crippen LogP) is 3.49. The van der Waals surface area contributed by atoms with Crippen LogP contribution < -0.4 is 5.32 Å². The third-order valence-corrected chi connectivity index (χ3v) is 4.51. The van der Waals surface area contributed by atoms with Gasteiger partial charge in [0.2, 0.25) is 11.8 Å². The predicted molar refractivity (Wildman–Crippen MR) is 89.4 cm³/mol. The van der Waals surface area contributed by atoms with Crippen LogP contribution in [-0.4, -0.2) is 39.8 Å². The summed E-state index contributed by atoms with van der Waals surface area (Å²) in [5, 5.41) is 15.3. The fraction of sp³-hybridized carbons (Fsp3) is 0.562. The van der Waals surface area contributed by atoms with E-state index in [-0.39, 0.29) is 17.5 Å². The van der Waals surface area contributed by atoms with Crippen LogP contribution in [0.1, 0.15) is 45.4 Å². The van der Waals surface area contributed by atoms with Crippen LogP contribution in [0.5, 0.6) is 0 Å². The molecule has 1 fully saturated rings. The van der Waals surface area contributed by atoms with Gasteiger partial charge in [-0.05, 0) is 45.1 Å². The van der Waals surface area contributed by atoms with Crippen LogP contribution in [0.3, 0.4) is 0 Å². The van der Waals surface area contributed by atoms with Gasteiger partial charge in [-0.1, -0.05) is 0 Å². The second-order valence-electron chi connectivity index (χ2n) is 6.90. The number of nitrogens with one attached hydrogen (secondary N) is 1. The Morgan fingerprint density at radius 3 is 2.70 bits per heavy atom. The lowest BCUT2D eigenvalue weighted by molar-refractivity contribution is 0.169. The van der Waals surface area contributed by atoms with Crippen LogP contribution in [0.4, 0.5) is 4.79 Å². The van der Waals surface area contributed by atoms with Gasteiger partial charge < -0.3 is 14.6 Å². The van der Waals surface area contributed by atoms with Gasteiger partial charge in [-0.25, -0.2) is 4.79 Å². The molecule has 2 amide bonds. The molecule has 0 spiro atoms. The largest absolute Gasteiger partial charge is 0.420 e. The zero-order valence-electron chi connectivity index (χ0n) is 13.7. The third-order valence-electron chi connectivity index (χ3n) is 3.82. The highest BCUT2D eigenvalue weighted by atomic mass is 32.1. The molecule has 0 radical (unpaired) electrons. The summed E-state index contributed by atoms with van der Waals surface area (Å²) in [6.45, 7) is 7.39. The van der Waals surface area contributed by atoms with E-state index in [9.17, 15) is 4.79 Å². The number of hydrogen-bond donors (Lipinski definition) is 1. The summed E-state index contributed by atoms with van der Waals surface area (Å²) in [5.41, 5.74) is 0.756. The minimum absolute atomic E-state index is 0.000409. The van der Waals surface area contributed by atoms with Crippen molar-refractivity contribution in [1.29, 1.82) is 0 Å². The van der Waals surface area contributed by atoms with E-state index in [1.54, 1.807) is 11.3 Å². The Labute approximate surface area is 139 Å². The van der Waals surface area contributed by atoms with E-state index in [0.29, 0.717) is 24.9 Å². The molecule has 0 aliphatic carbocycles. The number of nitrogens with zero attached hydrogens (tertiary/aromatic N) is 3. The average molecular weight is 334 g/mol. The number of amides is 2. The molecular formula is C16H22N4O2S. The van der Waals surface area contributed by atoms with Crippen LogP contribution in [0.15, 0.2) is 21.2 Å². The first-order valence-electron chi connectivity index (χ1n) is 7.85. The summed E-state index contributed by atoms with van der Waals surface area (Å²) in [6.07, 6.45) is 1.70. The Morgan fingerprint density at radius 1 is 1.35 bits per heavy atom. The van der Waals surface area contributed by atoms with E-state index in [1.807, 2.05) is 42.5 Å². The summed E-state index contributed by atoms with van der Waals surface area (Å²) in [4.78, 5) is 14.0. The Bertz CT molecular complexity index is 652. The Hall–Kier alpha value is -1.89. The molecule has 1 N–H and O–H groups in total. The second kappa shape index (κ2) is 6.31. The number of rotatable bonds is 2. The molecular weight excluding hydrogens is 312 g/mol. The lowest BCUT2D eigenvalue weighted by Gasteiger charge is -2.33. The van der Waals surface area contributed by atoms with Crippen LogP contribution in [0.2, 0.25) is 0 Å². The van der Waals surface area contributed by atoms with Gasteiger partial charge in [0.15, 0.2) is 0 Å². The van der Waals surface area contributed by atoms with Crippen LogP contribution >= 0.6 is 11.3 Å². The van der Waals surface area contributed by atoms with Crippen molar-refractivity contribution in [1.82, 2.24) is 20.4 Å². The van der Waals surface area contributed by atoms with Crippen molar-refractivity contribution in [2.75, 3.05) is 13.1 Å². The fourth-order valence-corrected chi connectivity index (χ4v) is 3.26. The molecule has 23 heavy (non-hydrogen) atoms. The molecule has 1 aliphatic rings. The quantitative estimate of drug-likeness (QED) is 0.912. The average Bonchev–Trinajstić information content (AvgIpc) is 3.17. The second-order valence-corrected chi connectivity index (χ2v) is 7.68. The minimum Gasteiger partial charge on any atom is -0.420 e. The molecule has 124 valence electrons. The molecule has 1 aliphatic heterocycles. The van der Waals surface area contributed by atoms with Gasteiger partial charge in [0.25, 0.3) is 0 Å². The summed E-state index contributed by atoms with van der Waals surface area (Å²) in [5.74, 6) is 1.49. The number of carbonyl (C=O) groups excluding carboxylic acids is 1. The normalized spacial score (nSPS) is 16.6.